The molecule has 0 aliphatic heterocycles. The van der Waals surface area contributed by atoms with Crippen molar-refractivity contribution < 1.29 is 0 Å². The maximum Gasteiger partial charge on any atom is 0.131 e. The predicted octanol–water partition coefficient (Wildman–Crippen LogP) is 3.14. The second kappa shape index (κ2) is 5.87. The first-order chi connectivity index (χ1) is 9.13. The summed E-state index contributed by atoms with van der Waals surface area (Å²) in [5.74, 6) is 2.38. The molecule has 0 atom stereocenters. The van der Waals surface area contributed by atoms with Gasteiger partial charge in [0.15, 0.2) is 0 Å². The Bertz CT molecular complexity index is 529. The second-order valence-corrected chi connectivity index (χ2v) is 5.26. The molecule has 0 aliphatic carbocycles. The van der Waals surface area contributed by atoms with Crippen LogP contribution in [0.5, 0.6) is 0 Å². The van der Waals surface area contributed by atoms with Gasteiger partial charge in [0.25, 0.3) is 0 Å². The van der Waals surface area contributed by atoms with Crippen LogP contribution in [-0.4, -0.2) is 14.5 Å². The van der Waals surface area contributed by atoms with Gasteiger partial charge in [-0.15, -0.1) is 0 Å². The maximum absolute atomic E-state index is 6.29. The van der Waals surface area contributed by atoms with E-state index in [1.165, 1.54) is 0 Å². The lowest BCUT2D eigenvalue weighted by atomic mass is 10.2. The molecule has 2 rings (SSSR count). The molecule has 0 radical (unpaired) electrons. The SMILES string of the molecule is CCCc1nc(-c2cccnc2)c(N)n1CC(C)C. The Morgan fingerprint density at radius 2 is 2.16 bits per heavy atom. The largest absolute Gasteiger partial charge is 0.383 e. The number of hydrogen-bond acceptors (Lipinski definition) is 3. The summed E-state index contributed by atoms with van der Waals surface area (Å²) in [6.07, 6.45) is 5.60. The lowest BCUT2D eigenvalue weighted by Crippen LogP contribution is -2.11. The lowest BCUT2D eigenvalue weighted by molar-refractivity contribution is 0.510. The van der Waals surface area contributed by atoms with E-state index in [0.717, 1.165) is 42.3 Å². The molecule has 2 heterocycles. The number of aryl methyl sites for hydroxylation is 1. The summed E-state index contributed by atoms with van der Waals surface area (Å²) in [6.45, 7) is 7.46. The van der Waals surface area contributed by atoms with E-state index in [4.69, 9.17) is 10.7 Å². The molecular formula is C15H22N4. The van der Waals surface area contributed by atoms with Crippen LogP contribution < -0.4 is 5.73 Å². The first-order valence-corrected chi connectivity index (χ1v) is 6.88. The Morgan fingerprint density at radius 3 is 2.74 bits per heavy atom. The van der Waals surface area contributed by atoms with Crippen molar-refractivity contribution in [2.24, 2.45) is 5.92 Å². The van der Waals surface area contributed by atoms with Gasteiger partial charge in [-0.3, -0.25) is 4.98 Å². The minimum atomic E-state index is 0.550. The smallest absolute Gasteiger partial charge is 0.131 e. The molecular weight excluding hydrogens is 236 g/mol. The Labute approximate surface area is 114 Å². The van der Waals surface area contributed by atoms with Crippen LogP contribution in [0.15, 0.2) is 24.5 Å². The minimum Gasteiger partial charge on any atom is -0.383 e. The van der Waals surface area contributed by atoms with Gasteiger partial charge in [-0.2, -0.15) is 0 Å². The molecule has 0 aliphatic rings. The van der Waals surface area contributed by atoms with Crippen molar-refractivity contribution in [3.63, 3.8) is 0 Å². The monoisotopic (exact) mass is 258 g/mol. The van der Waals surface area contributed by atoms with Crippen molar-refractivity contribution in [2.45, 2.75) is 40.2 Å². The fraction of sp³-hybridized carbons (Fsp3) is 0.467. The molecule has 0 amide bonds. The molecule has 2 N–H and O–H groups in total. The first-order valence-electron chi connectivity index (χ1n) is 6.88. The normalized spacial score (nSPS) is 11.2. The molecule has 0 unspecified atom stereocenters. The van der Waals surface area contributed by atoms with Crippen LogP contribution in [0.2, 0.25) is 0 Å². The van der Waals surface area contributed by atoms with E-state index < -0.39 is 0 Å². The number of aromatic nitrogens is 3. The quantitative estimate of drug-likeness (QED) is 0.896. The molecule has 0 aromatic carbocycles. The van der Waals surface area contributed by atoms with Crippen LogP contribution in [0.1, 0.15) is 33.0 Å². The zero-order valence-electron chi connectivity index (χ0n) is 11.9. The predicted molar refractivity (Wildman–Crippen MR) is 78.7 cm³/mol. The van der Waals surface area contributed by atoms with Crippen LogP contribution in [0, 0.1) is 5.92 Å². The fourth-order valence-electron chi connectivity index (χ4n) is 2.21. The number of imidazole rings is 1. The number of rotatable bonds is 5. The average Bonchev–Trinajstić information content (AvgIpc) is 2.69. The van der Waals surface area contributed by atoms with E-state index in [0.29, 0.717) is 5.92 Å². The highest BCUT2D eigenvalue weighted by atomic mass is 15.1. The molecule has 4 nitrogen and oxygen atoms in total. The molecule has 0 saturated heterocycles. The molecule has 19 heavy (non-hydrogen) atoms. The topological polar surface area (TPSA) is 56.7 Å². The highest BCUT2D eigenvalue weighted by Crippen LogP contribution is 2.27. The Morgan fingerprint density at radius 1 is 1.37 bits per heavy atom. The number of nitrogens with zero attached hydrogens (tertiary/aromatic N) is 3. The summed E-state index contributed by atoms with van der Waals surface area (Å²) >= 11 is 0. The van der Waals surface area contributed by atoms with E-state index in [1.54, 1.807) is 6.20 Å². The molecule has 0 spiro atoms. The van der Waals surface area contributed by atoms with Crippen molar-refractivity contribution in [3.8, 4) is 11.3 Å². The van der Waals surface area contributed by atoms with Gasteiger partial charge in [-0.05, 0) is 24.5 Å². The summed E-state index contributed by atoms with van der Waals surface area (Å²) in [5, 5.41) is 0. The standard InChI is InChI=1S/C15H22N4/c1-4-6-13-18-14(12-7-5-8-17-9-12)15(16)19(13)10-11(2)3/h5,7-9,11H,4,6,10,16H2,1-3H3. The van der Waals surface area contributed by atoms with Crippen molar-refractivity contribution in [3.05, 3.63) is 30.4 Å². The van der Waals surface area contributed by atoms with E-state index in [9.17, 15) is 0 Å². The Kier molecular flexibility index (Phi) is 4.20. The molecule has 102 valence electrons. The molecule has 2 aromatic rings. The Hall–Kier alpha value is -1.84. The van der Waals surface area contributed by atoms with Gasteiger partial charge in [0.05, 0.1) is 0 Å². The van der Waals surface area contributed by atoms with Gasteiger partial charge in [0, 0.05) is 30.9 Å². The second-order valence-electron chi connectivity index (χ2n) is 5.26. The van der Waals surface area contributed by atoms with Gasteiger partial charge < -0.3 is 10.3 Å². The zero-order chi connectivity index (χ0) is 13.8. The average molecular weight is 258 g/mol. The van der Waals surface area contributed by atoms with Gasteiger partial charge in [-0.1, -0.05) is 20.8 Å². The number of pyridine rings is 1. The lowest BCUT2D eigenvalue weighted by Gasteiger charge is -2.11. The summed E-state index contributed by atoms with van der Waals surface area (Å²) in [5.41, 5.74) is 8.13. The molecule has 4 heteroatoms. The van der Waals surface area contributed by atoms with E-state index in [2.05, 4.69) is 30.3 Å². The van der Waals surface area contributed by atoms with Gasteiger partial charge in [0.1, 0.15) is 17.3 Å². The third kappa shape index (κ3) is 2.95. The molecule has 0 fully saturated rings. The van der Waals surface area contributed by atoms with Crippen molar-refractivity contribution in [2.75, 3.05) is 5.73 Å². The summed E-state index contributed by atoms with van der Waals surface area (Å²) in [6, 6.07) is 3.91. The number of nitrogens with two attached hydrogens (primary N) is 1. The minimum absolute atomic E-state index is 0.550. The highest BCUT2D eigenvalue weighted by molar-refractivity contribution is 5.70. The van der Waals surface area contributed by atoms with Crippen molar-refractivity contribution >= 4 is 5.82 Å². The highest BCUT2D eigenvalue weighted by Gasteiger charge is 2.16. The third-order valence-electron chi connectivity index (χ3n) is 3.04. The van der Waals surface area contributed by atoms with Crippen LogP contribution in [-0.2, 0) is 13.0 Å². The van der Waals surface area contributed by atoms with Gasteiger partial charge in [0.2, 0.25) is 0 Å². The molecule has 0 saturated carbocycles. The van der Waals surface area contributed by atoms with Crippen LogP contribution >= 0.6 is 0 Å². The zero-order valence-corrected chi connectivity index (χ0v) is 11.9. The van der Waals surface area contributed by atoms with E-state index in [1.807, 2.05) is 18.3 Å². The van der Waals surface area contributed by atoms with Gasteiger partial charge >= 0.3 is 0 Å². The molecule has 2 aromatic heterocycles. The number of anilines is 1. The number of hydrogen-bond donors (Lipinski definition) is 1. The maximum atomic E-state index is 6.29. The summed E-state index contributed by atoms with van der Waals surface area (Å²) < 4.78 is 2.15. The van der Waals surface area contributed by atoms with E-state index >= 15 is 0 Å². The third-order valence-corrected chi connectivity index (χ3v) is 3.04. The first kappa shape index (κ1) is 13.6. The van der Waals surface area contributed by atoms with E-state index in [-0.39, 0.29) is 0 Å². The van der Waals surface area contributed by atoms with Crippen LogP contribution in [0.3, 0.4) is 0 Å². The van der Waals surface area contributed by atoms with Crippen molar-refractivity contribution in [1.29, 1.82) is 0 Å². The van der Waals surface area contributed by atoms with Gasteiger partial charge in [-0.25, -0.2) is 4.98 Å². The summed E-state index contributed by atoms with van der Waals surface area (Å²) in [7, 11) is 0. The van der Waals surface area contributed by atoms with Crippen LogP contribution in [0.25, 0.3) is 11.3 Å². The Balaban J connectivity index is 2.46. The fourth-order valence-corrected chi connectivity index (χ4v) is 2.21. The summed E-state index contributed by atoms with van der Waals surface area (Å²) in [4.78, 5) is 8.86. The number of nitrogen functional groups attached to an aromatic ring is 1. The van der Waals surface area contributed by atoms with Crippen molar-refractivity contribution in [1.82, 2.24) is 14.5 Å². The molecule has 0 bridgehead atoms. The van der Waals surface area contributed by atoms with Crippen LogP contribution in [0.4, 0.5) is 5.82 Å².